The number of phenolic OH excluding ortho intramolecular Hbond substituents is 1. The molecule has 2 aromatic rings. The summed E-state index contributed by atoms with van der Waals surface area (Å²) in [5.74, 6) is 0.733. The van der Waals surface area contributed by atoms with Crippen molar-refractivity contribution in [3.8, 4) is 17.6 Å². The number of rotatable bonds is 3. The first-order valence-corrected chi connectivity index (χ1v) is 6.08. The molecule has 2 aromatic carbocycles. The number of hydrogen-bond acceptors (Lipinski definition) is 3. The van der Waals surface area contributed by atoms with Gasteiger partial charge in [0.15, 0.2) is 0 Å². The van der Waals surface area contributed by atoms with Crippen LogP contribution in [-0.4, -0.2) is 5.11 Å². The molecule has 0 radical (unpaired) electrons. The summed E-state index contributed by atoms with van der Waals surface area (Å²) in [6.45, 7) is 0.310. The molecule has 90 valence electrons. The highest BCUT2D eigenvalue weighted by atomic mass is 79.9. The van der Waals surface area contributed by atoms with E-state index in [0.29, 0.717) is 17.9 Å². The highest BCUT2D eigenvalue weighted by Crippen LogP contribution is 2.23. The minimum atomic E-state index is 0.201. The third kappa shape index (κ3) is 3.02. The number of benzene rings is 2. The highest BCUT2D eigenvalue weighted by molar-refractivity contribution is 9.10. The molecule has 3 nitrogen and oxygen atoms in total. The van der Waals surface area contributed by atoms with Crippen molar-refractivity contribution in [2.45, 2.75) is 6.61 Å². The first-order valence-electron chi connectivity index (χ1n) is 5.29. The molecular formula is C14H10BrNO2. The zero-order valence-corrected chi connectivity index (χ0v) is 11.0. The van der Waals surface area contributed by atoms with E-state index in [1.165, 1.54) is 0 Å². The van der Waals surface area contributed by atoms with Gasteiger partial charge in [-0.3, -0.25) is 0 Å². The number of hydrogen-bond donors (Lipinski definition) is 1. The molecule has 0 heterocycles. The molecule has 0 saturated carbocycles. The van der Waals surface area contributed by atoms with Crippen molar-refractivity contribution in [2.75, 3.05) is 0 Å². The summed E-state index contributed by atoms with van der Waals surface area (Å²) in [5.41, 5.74) is 1.33. The minimum absolute atomic E-state index is 0.201. The van der Waals surface area contributed by atoms with Gasteiger partial charge < -0.3 is 9.84 Å². The fourth-order valence-corrected chi connectivity index (χ4v) is 1.88. The Morgan fingerprint density at radius 3 is 2.78 bits per heavy atom. The van der Waals surface area contributed by atoms with E-state index in [0.717, 1.165) is 10.0 Å². The fourth-order valence-electron chi connectivity index (χ4n) is 1.52. The van der Waals surface area contributed by atoms with Crippen LogP contribution in [-0.2, 0) is 6.61 Å². The van der Waals surface area contributed by atoms with Crippen LogP contribution in [0.5, 0.6) is 11.5 Å². The Hall–Kier alpha value is -1.99. The van der Waals surface area contributed by atoms with Gasteiger partial charge in [-0.15, -0.1) is 0 Å². The molecule has 0 saturated heterocycles. The summed E-state index contributed by atoms with van der Waals surface area (Å²) in [7, 11) is 0. The van der Waals surface area contributed by atoms with Crippen molar-refractivity contribution in [3.63, 3.8) is 0 Å². The van der Waals surface area contributed by atoms with E-state index >= 15 is 0 Å². The van der Waals surface area contributed by atoms with Gasteiger partial charge in [0.25, 0.3) is 0 Å². The second-order valence-corrected chi connectivity index (χ2v) is 4.63. The second kappa shape index (κ2) is 5.56. The SMILES string of the molecule is N#Cc1cc(Br)ccc1OCc1cccc(O)c1. The van der Waals surface area contributed by atoms with Crippen LogP contribution in [0.1, 0.15) is 11.1 Å². The molecule has 0 fully saturated rings. The molecule has 2 rings (SSSR count). The molecule has 4 heteroatoms. The summed E-state index contributed by atoms with van der Waals surface area (Å²) >= 11 is 3.30. The molecular weight excluding hydrogens is 294 g/mol. The summed E-state index contributed by atoms with van der Waals surface area (Å²) < 4.78 is 6.41. The van der Waals surface area contributed by atoms with Gasteiger partial charge in [-0.25, -0.2) is 0 Å². The molecule has 0 aliphatic heterocycles. The summed E-state index contributed by atoms with van der Waals surface area (Å²) in [6.07, 6.45) is 0. The number of aromatic hydroxyl groups is 1. The Morgan fingerprint density at radius 2 is 2.06 bits per heavy atom. The zero-order chi connectivity index (χ0) is 13.0. The lowest BCUT2D eigenvalue weighted by atomic mass is 10.2. The van der Waals surface area contributed by atoms with Crippen LogP contribution in [0.3, 0.4) is 0 Å². The van der Waals surface area contributed by atoms with Crippen LogP contribution < -0.4 is 4.74 Å². The van der Waals surface area contributed by atoms with E-state index in [9.17, 15) is 5.11 Å². The molecule has 0 aliphatic carbocycles. The van der Waals surface area contributed by atoms with Crippen molar-refractivity contribution >= 4 is 15.9 Å². The fraction of sp³-hybridized carbons (Fsp3) is 0.0714. The van der Waals surface area contributed by atoms with Crippen molar-refractivity contribution < 1.29 is 9.84 Å². The number of phenols is 1. The van der Waals surface area contributed by atoms with Gasteiger partial charge >= 0.3 is 0 Å². The third-order valence-electron chi connectivity index (χ3n) is 2.37. The summed E-state index contributed by atoms with van der Waals surface area (Å²) in [6, 6.07) is 14.2. The summed E-state index contributed by atoms with van der Waals surface area (Å²) in [4.78, 5) is 0. The molecule has 0 aromatic heterocycles. The molecule has 0 amide bonds. The van der Waals surface area contributed by atoms with Crippen molar-refractivity contribution in [1.29, 1.82) is 5.26 Å². The number of nitrogens with zero attached hydrogens (tertiary/aromatic N) is 1. The predicted molar refractivity (Wildman–Crippen MR) is 71.3 cm³/mol. The highest BCUT2D eigenvalue weighted by Gasteiger charge is 2.04. The van der Waals surface area contributed by atoms with Gasteiger partial charge in [-0.05, 0) is 35.9 Å². The monoisotopic (exact) mass is 303 g/mol. The quantitative estimate of drug-likeness (QED) is 0.942. The van der Waals surface area contributed by atoms with Crippen LogP contribution >= 0.6 is 15.9 Å². The lowest BCUT2D eigenvalue weighted by Gasteiger charge is -2.08. The maximum Gasteiger partial charge on any atom is 0.137 e. The van der Waals surface area contributed by atoms with Crippen molar-refractivity contribution in [2.24, 2.45) is 0 Å². The van der Waals surface area contributed by atoms with Gasteiger partial charge in [0, 0.05) is 4.47 Å². The lowest BCUT2D eigenvalue weighted by molar-refractivity contribution is 0.304. The maximum atomic E-state index is 9.33. The molecule has 0 atom stereocenters. The Bertz CT molecular complexity index is 605. The topological polar surface area (TPSA) is 53.2 Å². The van der Waals surface area contributed by atoms with E-state index in [1.807, 2.05) is 12.1 Å². The number of nitriles is 1. The average molecular weight is 304 g/mol. The standard InChI is InChI=1S/C14H10BrNO2/c15-12-4-5-14(11(7-12)8-16)18-9-10-2-1-3-13(17)6-10/h1-7,17H,9H2. The second-order valence-electron chi connectivity index (χ2n) is 3.71. The van der Waals surface area contributed by atoms with Crippen molar-refractivity contribution in [3.05, 3.63) is 58.1 Å². The van der Waals surface area contributed by atoms with Gasteiger partial charge in [-0.1, -0.05) is 28.1 Å². The molecule has 0 bridgehead atoms. The van der Waals surface area contributed by atoms with Crippen LogP contribution in [0, 0.1) is 11.3 Å². The largest absolute Gasteiger partial charge is 0.508 e. The maximum absolute atomic E-state index is 9.33. The van der Waals surface area contributed by atoms with E-state index in [-0.39, 0.29) is 5.75 Å². The first kappa shape index (κ1) is 12.5. The van der Waals surface area contributed by atoms with Gasteiger partial charge in [0.05, 0.1) is 5.56 Å². The van der Waals surface area contributed by atoms with Crippen LogP contribution in [0.2, 0.25) is 0 Å². The number of ether oxygens (including phenoxy) is 1. The molecule has 18 heavy (non-hydrogen) atoms. The summed E-state index contributed by atoms with van der Waals surface area (Å²) in [5, 5.41) is 18.3. The normalized spacial score (nSPS) is 9.78. The Labute approximate surface area is 113 Å². The van der Waals surface area contributed by atoms with Gasteiger partial charge in [0.1, 0.15) is 24.2 Å². The molecule has 1 N–H and O–H groups in total. The Balaban J connectivity index is 2.14. The zero-order valence-electron chi connectivity index (χ0n) is 9.43. The van der Waals surface area contributed by atoms with Crippen LogP contribution in [0.15, 0.2) is 46.9 Å². The van der Waals surface area contributed by atoms with Crippen LogP contribution in [0.25, 0.3) is 0 Å². The first-order chi connectivity index (χ1) is 8.69. The van der Waals surface area contributed by atoms with Crippen LogP contribution in [0.4, 0.5) is 0 Å². The van der Waals surface area contributed by atoms with E-state index in [2.05, 4.69) is 22.0 Å². The minimum Gasteiger partial charge on any atom is -0.508 e. The van der Waals surface area contributed by atoms with E-state index < -0.39 is 0 Å². The Kier molecular flexibility index (Phi) is 3.85. The average Bonchev–Trinajstić information content (AvgIpc) is 2.37. The molecule has 0 aliphatic rings. The molecule has 0 unspecified atom stereocenters. The Morgan fingerprint density at radius 1 is 1.22 bits per heavy atom. The smallest absolute Gasteiger partial charge is 0.137 e. The van der Waals surface area contributed by atoms with Crippen molar-refractivity contribution in [1.82, 2.24) is 0 Å². The van der Waals surface area contributed by atoms with E-state index in [1.54, 1.807) is 30.3 Å². The van der Waals surface area contributed by atoms with E-state index in [4.69, 9.17) is 10.00 Å². The number of halogens is 1. The lowest BCUT2D eigenvalue weighted by Crippen LogP contribution is -1.97. The van der Waals surface area contributed by atoms with Gasteiger partial charge in [0.2, 0.25) is 0 Å². The predicted octanol–water partition coefficient (Wildman–Crippen LogP) is 3.61. The third-order valence-corrected chi connectivity index (χ3v) is 2.86. The molecule has 0 spiro atoms. The van der Waals surface area contributed by atoms with Gasteiger partial charge in [-0.2, -0.15) is 5.26 Å².